The Kier molecular flexibility index (Phi) is 5.68. The third kappa shape index (κ3) is 4.23. The Bertz CT molecular complexity index is 708. The largest absolute Gasteiger partial charge is 0.481 e. The van der Waals surface area contributed by atoms with Crippen molar-refractivity contribution in [2.45, 2.75) is 25.8 Å². The minimum Gasteiger partial charge on any atom is -0.481 e. The molecule has 2 aliphatic heterocycles. The molecule has 0 aromatic heterocycles. The van der Waals surface area contributed by atoms with Crippen LogP contribution in [0.1, 0.15) is 31.4 Å². The first kappa shape index (κ1) is 19.2. The van der Waals surface area contributed by atoms with Gasteiger partial charge in [-0.05, 0) is 17.9 Å². The van der Waals surface area contributed by atoms with Crippen LogP contribution in [0.15, 0.2) is 30.3 Å². The van der Waals surface area contributed by atoms with E-state index in [0.717, 1.165) is 5.56 Å². The number of hydrogen-bond donors (Lipinski definition) is 2. The van der Waals surface area contributed by atoms with Gasteiger partial charge in [-0.15, -0.1) is 0 Å². The van der Waals surface area contributed by atoms with E-state index in [2.05, 4.69) is 5.32 Å². The Labute approximate surface area is 159 Å². The number of piperidine rings is 1. The van der Waals surface area contributed by atoms with Gasteiger partial charge in [-0.25, -0.2) is 4.79 Å². The summed E-state index contributed by atoms with van der Waals surface area (Å²) < 4.78 is 0. The van der Waals surface area contributed by atoms with Crippen LogP contribution in [0.5, 0.6) is 0 Å². The van der Waals surface area contributed by atoms with Crippen LogP contribution in [-0.4, -0.2) is 59.5 Å². The summed E-state index contributed by atoms with van der Waals surface area (Å²) in [6, 6.07) is 9.52. The van der Waals surface area contributed by atoms with Crippen molar-refractivity contribution in [3.05, 3.63) is 35.9 Å². The Morgan fingerprint density at radius 2 is 1.93 bits per heavy atom. The van der Waals surface area contributed by atoms with Gasteiger partial charge in [0.2, 0.25) is 5.91 Å². The molecule has 0 spiro atoms. The second-order valence-corrected chi connectivity index (χ2v) is 7.79. The van der Waals surface area contributed by atoms with E-state index in [-0.39, 0.29) is 36.4 Å². The van der Waals surface area contributed by atoms with Crippen LogP contribution in [0.2, 0.25) is 0 Å². The van der Waals surface area contributed by atoms with E-state index < -0.39 is 11.9 Å². The molecule has 0 aliphatic carbocycles. The summed E-state index contributed by atoms with van der Waals surface area (Å²) in [4.78, 5) is 39.5. The van der Waals surface area contributed by atoms with Gasteiger partial charge in [0.05, 0.1) is 12.0 Å². The summed E-state index contributed by atoms with van der Waals surface area (Å²) in [7, 11) is 1.80. The van der Waals surface area contributed by atoms with Crippen molar-refractivity contribution in [1.29, 1.82) is 0 Å². The van der Waals surface area contributed by atoms with E-state index in [0.29, 0.717) is 25.9 Å². The van der Waals surface area contributed by atoms with E-state index in [1.165, 1.54) is 0 Å². The summed E-state index contributed by atoms with van der Waals surface area (Å²) in [5, 5.41) is 12.2. The fourth-order valence-electron chi connectivity index (χ4n) is 4.31. The lowest BCUT2D eigenvalue weighted by atomic mass is 9.90. The smallest absolute Gasteiger partial charge is 0.317 e. The maximum Gasteiger partial charge on any atom is 0.317 e. The highest BCUT2D eigenvalue weighted by molar-refractivity contribution is 5.80. The highest BCUT2D eigenvalue weighted by Crippen LogP contribution is 2.36. The molecular formula is C20H27N3O4. The fraction of sp³-hybridized carbons (Fsp3) is 0.550. The number of carboxylic acids is 1. The zero-order valence-electron chi connectivity index (χ0n) is 15.8. The molecule has 2 N–H and O–H groups in total. The number of carbonyl (C=O) groups is 3. The zero-order chi connectivity index (χ0) is 19.6. The Balaban J connectivity index is 1.63. The number of carboxylic acid groups (broad SMARTS) is 1. The fourth-order valence-corrected chi connectivity index (χ4v) is 4.31. The van der Waals surface area contributed by atoms with E-state index in [1.807, 2.05) is 37.3 Å². The number of likely N-dealkylation sites (tertiary alicyclic amines) is 2. The van der Waals surface area contributed by atoms with Crippen molar-refractivity contribution in [2.24, 2.45) is 17.8 Å². The molecule has 0 bridgehead atoms. The lowest BCUT2D eigenvalue weighted by Crippen LogP contribution is -2.50. The molecule has 146 valence electrons. The van der Waals surface area contributed by atoms with Crippen LogP contribution in [0.25, 0.3) is 0 Å². The topological polar surface area (TPSA) is 90.0 Å². The number of carbonyl (C=O) groups excluding carboxylic acids is 2. The van der Waals surface area contributed by atoms with Crippen molar-refractivity contribution in [3.8, 4) is 0 Å². The molecule has 1 aromatic rings. The number of aliphatic carboxylic acids is 1. The molecule has 2 saturated heterocycles. The molecule has 3 rings (SSSR count). The van der Waals surface area contributed by atoms with Crippen LogP contribution < -0.4 is 5.32 Å². The van der Waals surface area contributed by atoms with Crippen molar-refractivity contribution in [3.63, 3.8) is 0 Å². The number of urea groups is 1. The Hall–Kier alpha value is -2.57. The SMILES string of the molecule is CC1CC(C(=O)O)CN(C(=O)NC[C@@H]2CC(=O)N(C)[C@H]2c2ccccc2)C1. The number of rotatable bonds is 4. The molecule has 2 unspecified atom stereocenters. The summed E-state index contributed by atoms with van der Waals surface area (Å²) in [5.74, 6) is -1.16. The maximum absolute atomic E-state index is 12.6. The minimum absolute atomic E-state index is 0.00802. The van der Waals surface area contributed by atoms with Gasteiger partial charge in [0.1, 0.15) is 0 Å². The number of amides is 3. The molecule has 0 saturated carbocycles. The molecule has 7 nitrogen and oxygen atoms in total. The molecule has 2 fully saturated rings. The number of nitrogens with one attached hydrogen (secondary N) is 1. The predicted molar refractivity (Wildman–Crippen MR) is 99.9 cm³/mol. The van der Waals surface area contributed by atoms with E-state index in [4.69, 9.17) is 0 Å². The van der Waals surface area contributed by atoms with Gasteiger partial charge in [0, 0.05) is 39.0 Å². The van der Waals surface area contributed by atoms with Gasteiger partial charge >= 0.3 is 12.0 Å². The van der Waals surface area contributed by atoms with Crippen molar-refractivity contribution >= 4 is 17.9 Å². The zero-order valence-corrected chi connectivity index (χ0v) is 15.8. The summed E-state index contributed by atoms with van der Waals surface area (Å²) in [6.45, 7) is 3.14. The van der Waals surface area contributed by atoms with Crippen molar-refractivity contribution in [2.75, 3.05) is 26.7 Å². The average molecular weight is 373 g/mol. The third-order valence-corrected chi connectivity index (χ3v) is 5.65. The first-order valence-corrected chi connectivity index (χ1v) is 9.43. The van der Waals surface area contributed by atoms with Crippen LogP contribution in [-0.2, 0) is 9.59 Å². The lowest BCUT2D eigenvalue weighted by Gasteiger charge is -2.35. The summed E-state index contributed by atoms with van der Waals surface area (Å²) >= 11 is 0. The standard InChI is InChI=1S/C20H27N3O4/c1-13-8-16(19(25)26)12-23(11-13)20(27)21-10-15-9-17(24)22(2)18(15)14-6-4-3-5-7-14/h3-7,13,15-16,18H,8-12H2,1-2H3,(H,21,27)(H,25,26)/t13?,15-,16?,18-/m0/s1. The van der Waals surface area contributed by atoms with E-state index in [1.54, 1.807) is 16.8 Å². The van der Waals surface area contributed by atoms with Crippen LogP contribution in [0.4, 0.5) is 4.79 Å². The predicted octanol–water partition coefficient (Wildman–Crippen LogP) is 1.96. The van der Waals surface area contributed by atoms with Gasteiger partial charge in [-0.2, -0.15) is 0 Å². The van der Waals surface area contributed by atoms with E-state index >= 15 is 0 Å². The second kappa shape index (κ2) is 7.98. The van der Waals surface area contributed by atoms with Crippen LogP contribution in [0, 0.1) is 17.8 Å². The highest BCUT2D eigenvalue weighted by atomic mass is 16.4. The van der Waals surface area contributed by atoms with Gasteiger partial charge in [-0.3, -0.25) is 9.59 Å². The molecule has 3 amide bonds. The Morgan fingerprint density at radius 1 is 1.22 bits per heavy atom. The second-order valence-electron chi connectivity index (χ2n) is 7.79. The number of nitrogens with zero attached hydrogens (tertiary/aromatic N) is 2. The van der Waals surface area contributed by atoms with Crippen LogP contribution >= 0.6 is 0 Å². The van der Waals surface area contributed by atoms with Crippen molar-refractivity contribution in [1.82, 2.24) is 15.1 Å². The monoisotopic (exact) mass is 373 g/mol. The van der Waals surface area contributed by atoms with Gasteiger partial charge in [0.25, 0.3) is 0 Å². The molecular weight excluding hydrogens is 346 g/mol. The van der Waals surface area contributed by atoms with E-state index in [9.17, 15) is 19.5 Å². The Morgan fingerprint density at radius 3 is 2.59 bits per heavy atom. The first-order chi connectivity index (χ1) is 12.9. The molecule has 2 aliphatic rings. The summed E-state index contributed by atoms with van der Waals surface area (Å²) in [6.07, 6.45) is 0.988. The first-order valence-electron chi connectivity index (χ1n) is 9.43. The van der Waals surface area contributed by atoms with Crippen LogP contribution in [0.3, 0.4) is 0 Å². The molecule has 1 aromatic carbocycles. The molecule has 27 heavy (non-hydrogen) atoms. The quantitative estimate of drug-likeness (QED) is 0.844. The van der Waals surface area contributed by atoms with Crippen molar-refractivity contribution < 1.29 is 19.5 Å². The van der Waals surface area contributed by atoms with Gasteiger partial charge < -0.3 is 20.2 Å². The van der Waals surface area contributed by atoms with Gasteiger partial charge in [-0.1, -0.05) is 37.3 Å². The molecule has 2 heterocycles. The lowest BCUT2D eigenvalue weighted by molar-refractivity contribution is -0.143. The molecule has 4 atom stereocenters. The normalized spacial score (nSPS) is 28.3. The molecule has 0 radical (unpaired) electrons. The number of hydrogen-bond acceptors (Lipinski definition) is 3. The maximum atomic E-state index is 12.6. The minimum atomic E-state index is -0.855. The highest BCUT2D eigenvalue weighted by Gasteiger charge is 2.39. The number of benzene rings is 1. The third-order valence-electron chi connectivity index (χ3n) is 5.65. The average Bonchev–Trinajstić information content (AvgIpc) is 2.93. The summed E-state index contributed by atoms with van der Waals surface area (Å²) in [5.41, 5.74) is 1.06. The molecule has 7 heteroatoms. The van der Waals surface area contributed by atoms with Gasteiger partial charge in [0.15, 0.2) is 0 Å².